The highest BCUT2D eigenvalue weighted by Gasteiger charge is 2.10. The van der Waals surface area contributed by atoms with Crippen LogP contribution in [-0.2, 0) is 0 Å². The molecule has 0 amide bonds. The van der Waals surface area contributed by atoms with E-state index in [1.807, 2.05) is 6.92 Å². The van der Waals surface area contributed by atoms with Crippen molar-refractivity contribution in [2.45, 2.75) is 13.3 Å². The van der Waals surface area contributed by atoms with E-state index in [0.717, 1.165) is 13.0 Å². The maximum absolute atomic E-state index is 13.1. The Hall–Kier alpha value is -1.23. The van der Waals surface area contributed by atoms with Gasteiger partial charge in [-0.15, -0.1) is 0 Å². The number of hydrogen-bond acceptors (Lipinski definition) is 3. The first-order valence-corrected chi connectivity index (χ1v) is 7.46. The van der Waals surface area contributed by atoms with Crippen molar-refractivity contribution in [2.24, 2.45) is 0 Å². The zero-order chi connectivity index (χ0) is 15.4. The van der Waals surface area contributed by atoms with Crippen molar-refractivity contribution in [3.63, 3.8) is 0 Å². The second-order valence-electron chi connectivity index (χ2n) is 4.33. The van der Waals surface area contributed by atoms with Crippen LogP contribution in [0.3, 0.4) is 0 Å². The fourth-order valence-corrected chi connectivity index (χ4v) is 2.29. The Morgan fingerprint density at radius 1 is 1.05 bits per heavy atom. The molecule has 1 aromatic carbocycles. The van der Waals surface area contributed by atoms with Crippen LogP contribution in [0.25, 0.3) is 0 Å². The molecular formula is C14H13Cl3FN3. The Balaban J connectivity index is 2.28. The average molecular weight is 349 g/mol. The highest BCUT2D eigenvalue weighted by molar-refractivity contribution is 6.37. The molecule has 0 atom stereocenters. The molecule has 0 saturated heterocycles. The Morgan fingerprint density at radius 2 is 1.76 bits per heavy atom. The van der Waals surface area contributed by atoms with Gasteiger partial charge in [-0.2, -0.15) is 0 Å². The number of nitrogens with zero attached hydrogens (tertiary/aromatic N) is 1. The summed E-state index contributed by atoms with van der Waals surface area (Å²) in [5.74, 6) is 0.476. The molecule has 0 aliphatic rings. The second kappa shape index (κ2) is 7.16. The van der Waals surface area contributed by atoms with Gasteiger partial charge in [0.2, 0.25) is 0 Å². The predicted molar refractivity (Wildman–Crippen MR) is 87.7 cm³/mol. The van der Waals surface area contributed by atoms with Crippen molar-refractivity contribution in [1.82, 2.24) is 4.98 Å². The molecule has 1 heterocycles. The van der Waals surface area contributed by atoms with Crippen LogP contribution >= 0.6 is 34.8 Å². The fraction of sp³-hybridized carbons (Fsp3) is 0.214. The van der Waals surface area contributed by atoms with Crippen molar-refractivity contribution < 1.29 is 4.39 Å². The van der Waals surface area contributed by atoms with Crippen molar-refractivity contribution in [3.05, 3.63) is 45.2 Å². The molecule has 0 saturated carbocycles. The maximum atomic E-state index is 13.1. The summed E-state index contributed by atoms with van der Waals surface area (Å²) < 4.78 is 13.1. The third-order valence-corrected chi connectivity index (χ3v) is 3.52. The Morgan fingerprint density at radius 3 is 2.43 bits per heavy atom. The summed E-state index contributed by atoms with van der Waals surface area (Å²) in [4.78, 5) is 4.33. The van der Waals surface area contributed by atoms with Gasteiger partial charge in [-0.05, 0) is 30.7 Å². The van der Waals surface area contributed by atoms with Crippen molar-refractivity contribution >= 4 is 52.1 Å². The van der Waals surface area contributed by atoms with E-state index >= 15 is 0 Å². The van der Waals surface area contributed by atoms with Crippen molar-refractivity contribution in [3.8, 4) is 0 Å². The molecule has 0 radical (unpaired) electrons. The summed E-state index contributed by atoms with van der Waals surface area (Å²) in [5, 5.41) is 6.93. The third-order valence-electron chi connectivity index (χ3n) is 2.65. The van der Waals surface area contributed by atoms with E-state index in [4.69, 9.17) is 34.8 Å². The fourth-order valence-electron chi connectivity index (χ4n) is 1.63. The third kappa shape index (κ3) is 4.13. The molecule has 0 bridgehead atoms. The Labute approximate surface area is 137 Å². The van der Waals surface area contributed by atoms with Gasteiger partial charge in [-0.1, -0.05) is 41.7 Å². The number of halogens is 4. The van der Waals surface area contributed by atoms with E-state index in [2.05, 4.69) is 15.6 Å². The van der Waals surface area contributed by atoms with E-state index < -0.39 is 5.82 Å². The summed E-state index contributed by atoms with van der Waals surface area (Å²) in [7, 11) is 0. The molecular weight excluding hydrogens is 336 g/mol. The maximum Gasteiger partial charge on any atom is 0.151 e. The van der Waals surface area contributed by atoms with Gasteiger partial charge in [0.15, 0.2) is 5.82 Å². The number of anilines is 3. The van der Waals surface area contributed by atoms with Crippen molar-refractivity contribution in [2.75, 3.05) is 17.2 Å². The van der Waals surface area contributed by atoms with E-state index in [-0.39, 0.29) is 5.02 Å². The highest BCUT2D eigenvalue weighted by atomic mass is 35.5. The van der Waals surface area contributed by atoms with Gasteiger partial charge in [0.1, 0.15) is 11.6 Å². The monoisotopic (exact) mass is 347 g/mol. The van der Waals surface area contributed by atoms with Crippen LogP contribution in [-0.4, -0.2) is 11.5 Å². The zero-order valence-electron chi connectivity index (χ0n) is 11.2. The molecule has 21 heavy (non-hydrogen) atoms. The van der Waals surface area contributed by atoms with E-state index in [1.165, 1.54) is 12.1 Å². The summed E-state index contributed by atoms with van der Waals surface area (Å²) in [6.07, 6.45) is 0.941. The lowest BCUT2D eigenvalue weighted by Gasteiger charge is -2.12. The second-order valence-corrected chi connectivity index (χ2v) is 5.55. The Bertz CT molecular complexity index is 650. The van der Waals surface area contributed by atoms with Crippen LogP contribution in [0.5, 0.6) is 0 Å². The normalized spacial score (nSPS) is 10.5. The predicted octanol–water partition coefficient (Wildman–Crippen LogP) is 5.75. The van der Waals surface area contributed by atoms with Gasteiger partial charge in [0.25, 0.3) is 0 Å². The SMILES string of the molecule is CCCNc1nc(Nc2ccc(F)c(Cl)c2)c(Cl)cc1Cl. The minimum absolute atomic E-state index is 0.0226. The van der Waals surface area contributed by atoms with Crippen LogP contribution < -0.4 is 10.6 Å². The summed E-state index contributed by atoms with van der Waals surface area (Å²) in [5.41, 5.74) is 0.583. The molecule has 0 spiro atoms. The summed E-state index contributed by atoms with van der Waals surface area (Å²) in [6.45, 7) is 2.78. The van der Waals surface area contributed by atoms with Gasteiger partial charge in [0.05, 0.1) is 15.1 Å². The van der Waals surface area contributed by atoms with E-state index in [1.54, 1.807) is 12.1 Å². The molecule has 2 aromatic rings. The highest BCUT2D eigenvalue weighted by Crippen LogP contribution is 2.31. The van der Waals surface area contributed by atoms with Gasteiger partial charge < -0.3 is 10.6 Å². The lowest BCUT2D eigenvalue weighted by atomic mass is 10.3. The number of benzene rings is 1. The summed E-state index contributed by atoms with van der Waals surface area (Å²) >= 11 is 17.9. The molecule has 7 heteroatoms. The lowest BCUT2D eigenvalue weighted by Crippen LogP contribution is -2.05. The van der Waals surface area contributed by atoms with Gasteiger partial charge in [-0.25, -0.2) is 9.37 Å². The van der Waals surface area contributed by atoms with Crippen LogP contribution in [0.15, 0.2) is 24.3 Å². The zero-order valence-corrected chi connectivity index (χ0v) is 13.5. The van der Waals surface area contributed by atoms with E-state index in [9.17, 15) is 4.39 Å². The number of aromatic nitrogens is 1. The first-order chi connectivity index (χ1) is 10.0. The minimum atomic E-state index is -0.484. The number of pyridine rings is 1. The minimum Gasteiger partial charge on any atom is -0.369 e. The average Bonchev–Trinajstić information content (AvgIpc) is 2.44. The quantitative estimate of drug-likeness (QED) is 0.722. The number of nitrogens with one attached hydrogen (secondary N) is 2. The molecule has 112 valence electrons. The molecule has 0 aliphatic carbocycles. The van der Waals surface area contributed by atoms with Crippen LogP contribution in [0.2, 0.25) is 15.1 Å². The lowest BCUT2D eigenvalue weighted by molar-refractivity contribution is 0.628. The summed E-state index contributed by atoms with van der Waals surface area (Å²) in [6, 6.07) is 5.88. The van der Waals surface area contributed by atoms with E-state index in [0.29, 0.717) is 27.4 Å². The molecule has 0 aliphatic heterocycles. The molecule has 1 aromatic heterocycles. The first-order valence-electron chi connectivity index (χ1n) is 6.33. The number of hydrogen-bond donors (Lipinski definition) is 2. The van der Waals surface area contributed by atoms with Gasteiger partial charge in [0, 0.05) is 12.2 Å². The smallest absolute Gasteiger partial charge is 0.151 e. The van der Waals surface area contributed by atoms with Crippen LogP contribution in [0, 0.1) is 5.82 Å². The first kappa shape index (κ1) is 16.1. The topological polar surface area (TPSA) is 37.0 Å². The molecule has 0 unspecified atom stereocenters. The van der Waals surface area contributed by atoms with Gasteiger partial charge >= 0.3 is 0 Å². The molecule has 2 N–H and O–H groups in total. The molecule has 2 rings (SSSR count). The Kier molecular flexibility index (Phi) is 5.51. The molecule has 0 fully saturated rings. The largest absolute Gasteiger partial charge is 0.369 e. The van der Waals surface area contributed by atoms with Crippen molar-refractivity contribution in [1.29, 1.82) is 0 Å². The van der Waals surface area contributed by atoms with Crippen LogP contribution in [0.4, 0.5) is 21.7 Å². The van der Waals surface area contributed by atoms with Crippen LogP contribution in [0.1, 0.15) is 13.3 Å². The number of rotatable bonds is 5. The molecule has 3 nitrogen and oxygen atoms in total. The van der Waals surface area contributed by atoms with Gasteiger partial charge in [-0.3, -0.25) is 0 Å². The standard InChI is InChI=1S/C14H13Cl3FN3/c1-2-5-19-13-10(16)7-11(17)14(21-13)20-8-3-4-12(18)9(15)6-8/h3-4,6-7H,2,5H2,1H3,(H2,19,20,21).